The van der Waals surface area contributed by atoms with Crippen molar-refractivity contribution in [2.45, 2.75) is 6.54 Å². The summed E-state index contributed by atoms with van der Waals surface area (Å²) in [5.74, 6) is -0.257. The van der Waals surface area contributed by atoms with Crippen LogP contribution in [-0.2, 0) is 13.6 Å². The Bertz CT molecular complexity index is 1260. The van der Waals surface area contributed by atoms with E-state index in [0.29, 0.717) is 15.5 Å². The van der Waals surface area contributed by atoms with Gasteiger partial charge in [0.15, 0.2) is 5.15 Å². The van der Waals surface area contributed by atoms with Crippen molar-refractivity contribution in [1.29, 1.82) is 0 Å². The van der Waals surface area contributed by atoms with Gasteiger partial charge in [0.05, 0.1) is 11.2 Å². The zero-order chi connectivity index (χ0) is 22.1. The van der Waals surface area contributed by atoms with Crippen molar-refractivity contribution >= 4 is 46.3 Å². The second kappa shape index (κ2) is 8.78. The maximum atomic E-state index is 12.0. The molecule has 1 aromatic carbocycles. The number of amides is 1. The highest BCUT2D eigenvalue weighted by atomic mass is 35.5. The number of hydrogen-bond acceptors (Lipinski definition) is 6. The normalized spacial score (nSPS) is 14.7. The third-order valence-corrected chi connectivity index (χ3v) is 6.35. The summed E-state index contributed by atoms with van der Waals surface area (Å²) in [7, 11) is 3.23. The Morgan fingerprint density at radius 1 is 1.23 bits per heavy atom. The third kappa shape index (κ3) is 4.34. The van der Waals surface area contributed by atoms with Gasteiger partial charge in [-0.2, -0.15) is 0 Å². The second-order valence-corrected chi connectivity index (χ2v) is 8.27. The Morgan fingerprint density at radius 2 is 1.97 bits per heavy atom. The maximum Gasteiger partial charge on any atom is 0.326 e. The Hall–Kier alpha value is -2.75. The van der Waals surface area contributed by atoms with E-state index in [2.05, 4.69) is 31.2 Å². The fourth-order valence-electron chi connectivity index (χ4n) is 3.77. The molecule has 10 heteroatoms. The predicted molar refractivity (Wildman–Crippen MR) is 125 cm³/mol. The van der Waals surface area contributed by atoms with Crippen LogP contribution in [0.15, 0.2) is 35.1 Å². The van der Waals surface area contributed by atoms with Crippen molar-refractivity contribution < 1.29 is 4.79 Å². The van der Waals surface area contributed by atoms with E-state index in [-0.39, 0.29) is 11.6 Å². The first-order valence-electron chi connectivity index (χ1n) is 9.95. The van der Waals surface area contributed by atoms with Crippen LogP contribution >= 0.6 is 23.8 Å². The lowest BCUT2D eigenvalue weighted by atomic mass is 10.1. The number of piperazine rings is 1. The molecule has 2 aromatic heterocycles. The summed E-state index contributed by atoms with van der Waals surface area (Å²) in [5.41, 5.74) is 2.81. The number of H-pyrrole nitrogens is 1. The number of carbonyl (C=O) groups excluding carboxylic acids is 1. The van der Waals surface area contributed by atoms with E-state index in [4.69, 9.17) is 23.8 Å². The van der Waals surface area contributed by atoms with Crippen LogP contribution in [0.1, 0.15) is 16.1 Å². The molecule has 1 fully saturated rings. The number of aromatic amines is 1. The number of aromatic nitrogens is 3. The SMILES string of the molecule is CNC(=O)c1ccc(N2CCN(Cc3ccc4c(=S)n(C)c(=O)[nH]c4c3)CC2)c(Cl)n1. The van der Waals surface area contributed by atoms with E-state index in [1.165, 1.54) is 4.57 Å². The smallest absolute Gasteiger partial charge is 0.326 e. The molecule has 2 N–H and O–H groups in total. The molecule has 3 aromatic rings. The summed E-state index contributed by atoms with van der Waals surface area (Å²) >= 11 is 11.7. The molecule has 0 spiro atoms. The molecule has 31 heavy (non-hydrogen) atoms. The number of hydrogen-bond donors (Lipinski definition) is 2. The predicted octanol–water partition coefficient (Wildman–Crippen LogP) is 2.33. The van der Waals surface area contributed by atoms with Gasteiger partial charge in [0, 0.05) is 52.2 Å². The van der Waals surface area contributed by atoms with Gasteiger partial charge in [0.25, 0.3) is 5.91 Å². The second-order valence-electron chi connectivity index (χ2n) is 7.52. The Morgan fingerprint density at radius 3 is 2.65 bits per heavy atom. The van der Waals surface area contributed by atoms with E-state index in [1.807, 2.05) is 18.2 Å². The average Bonchev–Trinajstić information content (AvgIpc) is 2.77. The number of fused-ring (bicyclic) bond motifs is 1. The fourth-order valence-corrected chi connectivity index (χ4v) is 4.31. The molecule has 4 rings (SSSR count). The number of halogens is 1. The highest BCUT2D eigenvalue weighted by Crippen LogP contribution is 2.26. The van der Waals surface area contributed by atoms with Crippen molar-refractivity contribution in [1.82, 2.24) is 24.8 Å². The molecular weight excluding hydrogens is 436 g/mol. The molecule has 162 valence electrons. The number of rotatable bonds is 4. The van der Waals surface area contributed by atoms with Crippen LogP contribution in [0.4, 0.5) is 5.69 Å². The largest absolute Gasteiger partial charge is 0.366 e. The first kappa shape index (κ1) is 21.5. The van der Waals surface area contributed by atoms with Gasteiger partial charge in [-0.05, 0) is 29.8 Å². The fraction of sp³-hybridized carbons (Fsp3) is 0.333. The quantitative estimate of drug-likeness (QED) is 0.461. The lowest BCUT2D eigenvalue weighted by Gasteiger charge is -2.36. The van der Waals surface area contributed by atoms with Gasteiger partial charge in [-0.25, -0.2) is 9.78 Å². The lowest BCUT2D eigenvalue weighted by molar-refractivity contribution is 0.0958. The molecule has 1 aliphatic heterocycles. The van der Waals surface area contributed by atoms with Crippen molar-refractivity contribution in [3.05, 3.63) is 61.9 Å². The molecule has 1 aliphatic rings. The minimum Gasteiger partial charge on any atom is -0.366 e. The average molecular weight is 459 g/mol. The van der Waals surface area contributed by atoms with E-state index >= 15 is 0 Å². The van der Waals surface area contributed by atoms with Crippen LogP contribution in [-0.4, -0.2) is 58.6 Å². The number of nitrogens with zero attached hydrogens (tertiary/aromatic N) is 4. The molecule has 0 unspecified atom stereocenters. The van der Waals surface area contributed by atoms with Crippen LogP contribution in [0.2, 0.25) is 5.15 Å². The maximum absolute atomic E-state index is 12.0. The monoisotopic (exact) mass is 458 g/mol. The van der Waals surface area contributed by atoms with E-state index in [9.17, 15) is 9.59 Å². The molecule has 3 heterocycles. The topological polar surface area (TPSA) is 86.3 Å². The number of nitrogens with one attached hydrogen (secondary N) is 2. The molecular formula is C21H23ClN6O2S. The van der Waals surface area contributed by atoms with Crippen LogP contribution in [0.5, 0.6) is 0 Å². The first-order valence-corrected chi connectivity index (χ1v) is 10.7. The van der Waals surface area contributed by atoms with Gasteiger partial charge in [0.1, 0.15) is 10.3 Å². The van der Waals surface area contributed by atoms with Gasteiger partial charge in [-0.15, -0.1) is 0 Å². The molecule has 8 nitrogen and oxygen atoms in total. The van der Waals surface area contributed by atoms with Crippen molar-refractivity contribution in [3.8, 4) is 0 Å². The molecule has 0 atom stereocenters. The number of pyridine rings is 1. The van der Waals surface area contributed by atoms with Gasteiger partial charge >= 0.3 is 5.69 Å². The minimum absolute atomic E-state index is 0.212. The summed E-state index contributed by atoms with van der Waals surface area (Å²) in [6.07, 6.45) is 0. The summed E-state index contributed by atoms with van der Waals surface area (Å²) in [6, 6.07) is 9.56. The van der Waals surface area contributed by atoms with Crippen LogP contribution in [0, 0.1) is 4.64 Å². The van der Waals surface area contributed by atoms with Gasteiger partial charge in [-0.1, -0.05) is 29.9 Å². The van der Waals surface area contributed by atoms with Crippen LogP contribution in [0.25, 0.3) is 10.9 Å². The molecule has 0 aliphatic carbocycles. The lowest BCUT2D eigenvalue weighted by Crippen LogP contribution is -2.46. The molecule has 0 saturated carbocycles. The summed E-state index contributed by atoms with van der Waals surface area (Å²) < 4.78 is 1.98. The van der Waals surface area contributed by atoms with E-state index < -0.39 is 0 Å². The summed E-state index contributed by atoms with van der Waals surface area (Å²) in [6.45, 7) is 4.10. The zero-order valence-electron chi connectivity index (χ0n) is 17.3. The number of anilines is 1. The highest BCUT2D eigenvalue weighted by Gasteiger charge is 2.20. The zero-order valence-corrected chi connectivity index (χ0v) is 18.9. The van der Waals surface area contributed by atoms with Crippen molar-refractivity contribution in [3.63, 3.8) is 0 Å². The van der Waals surface area contributed by atoms with Crippen molar-refractivity contribution in [2.24, 2.45) is 7.05 Å². The van der Waals surface area contributed by atoms with E-state index in [0.717, 1.165) is 54.9 Å². The van der Waals surface area contributed by atoms with Gasteiger partial charge < -0.3 is 15.2 Å². The molecule has 0 radical (unpaired) electrons. The standard InChI is InChI=1S/C21H23ClN6O2S/c1-23-19(29)15-5-6-17(18(22)24-15)28-9-7-27(8-10-28)12-13-3-4-14-16(11-13)25-21(30)26(2)20(14)31/h3-6,11H,7-10,12H2,1-2H3,(H,23,29)(H,25,30). The van der Waals surface area contributed by atoms with E-state index in [1.54, 1.807) is 20.2 Å². The molecule has 1 amide bonds. The van der Waals surface area contributed by atoms with Crippen LogP contribution in [0.3, 0.4) is 0 Å². The number of benzene rings is 1. The molecule has 0 bridgehead atoms. The Kier molecular flexibility index (Phi) is 6.08. The van der Waals surface area contributed by atoms with Gasteiger partial charge in [0.2, 0.25) is 0 Å². The van der Waals surface area contributed by atoms with Crippen LogP contribution < -0.4 is 15.9 Å². The third-order valence-electron chi connectivity index (χ3n) is 5.57. The minimum atomic E-state index is -0.257. The Labute approximate surface area is 189 Å². The first-order chi connectivity index (χ1) is 14.9. The van der Waals surface area contributed by atoms with Crippen molar-refractivity contribution in [2.75, 3.05) is 38.1 Å². The summed E-state index contributed by atoms with van der Waals surface area (Å²) in [5, 5.41) is 3.75. The highest BCUT2D eigenvalue weighted by molar-refractivity contribution is 7.71. The Balaban J connectivity index is 1.44. The van der Waals surface area contributed by atoms with Gasteiger partial charge in [-0.3, -0.25) is 14.3 Å². The molecule has 1 saturated heterocycles. The summed E-state index contributed by atoms with van der Waals surface area (Å²) in [4.78, 5) is 35.4. The number of carbonyl (C=O) groups is 1.